The zero-order chi connectivity index (χ0) is 17.3. The Hall–Kier alpha value is -1.74. The summed E-state index contributed by atoms with van der Waals surface area (Å²) in [5.41, 5.74) is 0. The van der Waals surface area contributed by atoms with Crippen LogP contribution in [0, 0.1) is 11.8 Å². The Kier molecular flexibility index (Phi) is 5.00. The van der Waals surface area contributed by atoms with E-state index in [-0.39, 0.29) is 23.7 Å². The molecule has 0 unspecified atom stereocenters. The second-order valence-corrected chi connectivity index (χ2v) is 8.16. The number of anilines is 1. The van der Waals surface area contributed by atoms with Gasteiger partial charge >= 0.3 is 0 Å². The van der Waals surface area contributed by atoms with E-state index in [1.54, 1.807) is 6.92 Å². The Morgan fingerprint density at radius 2 is 1.96 bits per heavy atom. The van der Waals surface area contributed by atoms with Crippen LogP contribution in [0.25, 0.3) is 0 Å². The topological polar surface area (TPSA) is 92.3 Å². The number of aromatic nitrogens is 2. The van der Waals surface area contributed by atoms with Gasteiger partial charge in [-0.3, -0.25) is 24.6 Å². The Morgan fingerprint density at radius 1 is 1.33 bits per heavy atom. The number of carbonyl (C=O) groups is 3. The predicted octanol–water partition coefficient (Wildman–Crippen LogP) is 1.93. The van der Waals surface area contributed by atoms with E-state index in [0.29, 0.717) is 18.0 Å². The third-order valence-electron chi connectivity index (χ3n) is 4.21. The first-order chi connectivity index (χ1) is 11.5. The highest BCUT2D eigenvalue weighted by atomic mass is 32.2. The average molecular weight is 366 g/mol. The zero-order valence-corrected chi connectivity index (χ0v) is 15.0. The second kappa shape index (κ2) is 7.02. The lowest BCUT2D eigenvalue weighted by Crippen LogP contribution is -2.46. The summed E-state index contributed by atoms with van der Waals surface area (Å²) in [6.07, 6.45) is 4.98. The van der Waals surface area contributed by atoms with E-state index >= 15 is 0 Å². The minimum absolute atomic E-state index is 0.253. The number of thioether (sulfide) groups is 1. The van der Waals surface area contributed by atoms with Gasteiger partial charge in [-0.05, 0) is 25.5 Å². The van der Waals surface area contributed by atoms with Crippen molar-refractivity contribution in [2.45, 2.75) is 37.1 Å². The molecular formula is C15H18N4O3S2. The van der Waals surface area contributed by atoms with Gasteiger partial charge in [0.05, 0.1) is 11.8 Å². The van der Waals surface area contributed by atoms with Crippen LogP contribution < -0.4 is 5.32 Å². The fourth-order valence-corrected chi connectivity index (χ4v) is 4.63. The van der Waals surface area contributed by atoms with Crippen LogP contribution in [0.15, 0.2) is 16.5 Å². The van der Waals surface area contributed by atoms with Gasteiger partial charge in [-0.2, -0.15) is 0 Å². The molecule has 128 valence electrons. The molecule has 2 heterocycles. The van der Waals surface area contributed by atoms with Crippen LogP contribution in [-0.4, -0.2) is 44.6 Å². The van der Waals surface area contributed by atoms with E-state index in [4.69, 9.17) is 0 Å². The predicted molar refractivity (Wildman–Crippen MR) is 91.6 cm³/mol. The smallest absolute Gasteiger partial charge is 0.249 e. The highest BCUT2D eigenvalue weighted by Gasteiger charge is 2.50. The van der Waals surface area contributed by atoms with Gasteiger partial charge in [-0.25, -0.2) is 0 Å². The molecular weight excluding hydrogens is 348 g/mol. The molecule has 0 bridgehead atoms. The first-order valence-electron chi connectivity index (χ1n) is 7.82. The van der Waals surface area contributed by atoms with Crippen molar-refractivity contribution in [3.63, 3.8) is 0 Å². The molecule has 9 heteroatoms. The van der Waals surface area contributed by atoms with E-state index in [2.05, 4.69) is 15.5 Å². The van der Waals surface area contributed by atoms with Gasteiger partial charge in [0.1, 0.15) is 6.04 Å². The lowest BCUT2D eigenvalue weighted by atomic mass is 9.85. The van der Waals surface area contributed by atoms with E-state index in [0.717, 1.165) is 15.0 Å². The average Bonchev–Trinajstić information content (AvgIpc) is 3.11. The number of nitrogens with zero attached hydrogens (tertiary/aromatic N) is 3. The van der Waals surface area contributed by atoms with Crippen molar-refractivity contribution in [1.82, 2.24) is 15.1 Å². The first kappa shape index (κ1) is 17.1. The van der Waals surface area contributed by atoms with Gasteiger partial charge in [0.2, 0.25) is 22.9 Å². The number of fused-ring (bicyclic) bond motifs is 1. The summed E-state index contributed by atoms with van der Waals surface area (Å²) in [4.78, 5) is 38.5. The molecule has 0 aromatic carbocycles. The fourth-order valence-electron chi connectivity index (χ4n) is 2.98. The van der Waals surface area contributed by atoms with E-state index in [9.17, 15) is 14.4 Å². The summed E-state index contributed by atoms with van der Waals surface area (Å²) in [6.45, 7) is 3.57. The van der Waals surface area contributed by atoms with Crippen molar-refractivity contribution in [3.05, 3.63) is 12.2 Å². The summed E-state index contributed by atoms with van der Waals surface area (Å²) in [5.74, 6) is -0.716. The SMILES string of the molecule is CCSc1nnc(NC(=O)[C@H](C)N2C(=O)[C@@H]3CC=CC[C@H]3C2=O)s1. The molecule has 1 saturated heterocycles. The number of hydrogen-bond acceptors (Lipinski definition) is 7. The maximum atomic E-state index is 12.5. The molecule has 3 rings (SSSR count). The maximum absolute atomic E-state index is 12.5. The number of imide groups is 1. The summed E-state index contributed by atoms with van der Waals surface area (Å²) < 4.78 is 0.769. The van der Waals surface area contributed by atoms with E-state index in [1.807, 2.05) is 19.1 Å². The Labute approximate surface area is 147 Å². The van der Waals surface area contributed by atoms with E-state index in [1.165, 1.54) is 23.1 Å². The van der Waals surface area contributed by atoms with E-state index < -0.39 is 11.9 Å². The fraction of sp³-hybridized carbons (Fsp3) is 0.533. The largest absolute Gasteiger partial charge is 0.299 e. The quantitative estimate of drug-likeness (QED) is 0.370. The molecule has 0 radical (unpaired) electrons. The standard InChI is InChI=1S/C15H18N4O3S2/c1-3-23-15-18-17-14(24-15)16-11(20)8(2)19-12(21)9-6-4-5-7-10(9)13(19)22/h4-5,8-10H,3,6-7H2,1-2H3,(H,16,17,20)/t8-,9+,10+/m0/s1. The second-order valence-electron chi connectivity index (χ2n) is 5.67. The first-order valence-corrected chi connectivity index (χ1v) is 9.62. The van der Waals surface area contributed by atoms with Crippen LogP contribution in [-0.2, 0) is 14.4 Å². The molecule has 1 fully saturated rings. The van der Waals surface area contributed by atoms with Crippen LogP contribution in [0.4, 0.5) is 5.13 Å². The summed E-state index contributed by atoms with van der Waals surface area (Å²) in [6, 6.07) is -0.859. The molecule has 1 aromatic heterocycles. The Bertz CT molecular complexity index is 677. The van der Waals surface area contributed by atoms with Gasteiger partial charge in [-0.15, -0.1) is 10.2 Å². The normalized spacial score (nSPS) is 24.2. The molecule has 1 N–H and O–H groups in total. The number of amides is 3. The van der Waals surface area contributed by atoms with Crippen molar-refractivity contribution < 1.29 is 14.4 Å². The number of rotatable bonds is 5. The van der Waals surface area contributed by atoms with Gasteiger partial charge in [0.25, 0.3) is 0 Å². The molecule has 3 amide bonds. The number of carbonyl (C=O) groups excluding carboxylic acids is 3. The van der Waals surface area contributed by atoms with Crippen LogP contribution in [0.1, 0.15) is 26.7 Å². The van der Waals surface area contributed by atoms with Crippen LogP contribution in [0.3, 0.4) is 0 Å². The van der Waals surface area contributed by atoms with Crippen LogP contribution in [0.2, 0.25) is 0 Å². The van der Waals surface area contributed by atoms with Gasteiger partial charge in [-0.1, -0.05) is 42.2 Å². The van der Waals surface area contributed by atoms with Crippen molar-refractivity contribution in [2.24, 2.45) is 11.8 Å². The van der Waals surface area contributed by atoms with Gasteiger partial charge in [0.15, 0.2) is 4.34 Å². The van der Waals surface area contributed by atoms with Crippen molar-refractivity contribution >= 4 is 46.0 Å². The summed E-state index contributed by atoms with van der Waals surface area (Å²) in [5, 5.41) is 10.9. The molecule has 0 spiro atoms. The molecule has 0 saturated carbocycles. The van der Waals surface area contributed by atoms with Crippen LogP contribution >= 0.6 is 23.1 Å². The van der Waals surface area contributed by atoms with Gasteiger partial charge in [0, 0.05) is 0 Å². The third kappa shape index (κ3) is 3.10. The van der Waals surface area contributed by atoms with Crippen molar-refractivity contribution in [2.75, 3.05) is 11.1 Å². The van der Waals surface area contributed by atoms with Crippen molar-refractivity contribution in [3.8, 4) is 0 Å². The molecule has 1 aliphatic carbocycles. The number of hydrogen-bond donors (Lipinski definition) is 1. The molecule has 1 aromatic rings. The minimum atomic E-state index is -0.859. The third-order valence-corrected chi connectivity index (χ3v) is 6.07. The molecule has 1 aliphatic heterocycles. The Balaban J connectivity index is 1.69. The number of likely N-dealkylation sites (tertiary alicyclic amines) is 1. The summed E-state index contributed by atoms with van der Waals surface area (Å²) >= 11 is 2.82. The monoisotopic (exact) mass is 366 g/mol. The molecule has 2 aliphatic rings. The summed E-state index contributed by atoms with van der Waals surface area (Å²) in [7, 11) is 0. The molecule has 7 nitrogen and oxygen atoms in total. The number of allylic oxidation sites excluding steroid dienone is 2. The number of nitrogens with one attached hydrogen (secondary N) is 1. The van der Waals surface area contributed by atoms with Crippen LogP contribution in [0.5, 0.6) is 0 Å². The highest BCUT2D eigenvalue weighted by Crippen LogP contribution is 2.36. The zero-order valence-electron chi connectivity index (χ0n) is 13.4. The molecule has 3 atom stereocenters. The van der Waals surface area contributed by atoms with Crippen molar-refractivity contribution in [1.29, 1.82) is 0 Å². The Morgan fingerprint density at radius 3 is 2.54 bits per heavy atom. The lowest BCUT2D eigenvalue weighted by molar-refractivity contribution is -0.146. The maximum Gasteiger partial charge on any atom is 0.249 e. The van der Waals surface area contributed by atoms with Gasteiger partial charge < -0.3 is 0 Å². The molecule has 24 heavy (non-hydrogen) atoms. The minimum Gasteiger partial charge on any atom is -0.299 e. The lowest BCUT2D eigenvalue weighted by Gasteiger charge is -2.21. The highest BCUT2D eigenvalue weighted by molar-refractivity contribution is 8.01.